The van der Waals surface area contributed by atoms with Crippen LogP contribution in [0.25, 0.3) is 5.65 Å². The Balaban J connectivity index is 1.51. The summed E-state index contributed by atoms with van der Waals surface area (Å²) < 4.78 is 15.6. The summed E-state index contributed by atoms with van der Waals surface area (Å²) in [7, 11) is 0. The Kier molecular flexibility index (Phi) is 3.97. The maximum atomic E-state index is 13.8. The van der Waals surface area contributed by atoms with E-state index in [4.69, 9.17) is 5.10 Å². The van der Waals surface area contributed by atoms with Gasteiger partial charge in [-0.05, 0) is 49.1 Å². The highest BCUT2D eigenvalue weighted by Gasteiger charge is 2.29. The highest BCUT2D eigenvalue weighted by atomic mass is 19.1. The minimum Gasteiger partial charge on any atom is -0.389 e. The molecule has 0 spiro atoms. The summed E-state index contributed by atoms with van der Waals surface area (Å²) in [5.41, 5.74) is 1.78. The molecular weight excluding hydrogens is 345 g/mol. The molecule has 6 nitrogen and oxygen atoms in total. The molecule has 2 aliphatic heterocycles. The van der Waals surface area contributed by atoms with Crippen molar-refractivity contribution in [3.05, 3.63) is 54.0 Å². The number of piperidine rings is 1. The van der Waals surface area contributed by atoms with Crippen LogP contribution >= 0.6 is 0 Å². The van der Waals surface area contributed by atoms with Crippen LogP contribution in [0, 0.1) is 5.82 Å². The number of imidazole rings is 1. The van der Waals surface area contributed by atoms with Gasteiger partial charge in [0.1, 0.15) is 11.6 Å². The van der Waals surface area contributed by atoms with Crippen LogP contribution in [0.2, 0.25) is 0 Å². The summed E-state index contributed by atoms with van der Waals surface area (Å²) in [5.74, 6) is 1.57. The molecule has 2 saturated heterocycles. The van der Waals surface area contributed by atoms with Crippen molar-refractivity contribution in [3.8, 4) is 0 Å². The standard InChI is InChI=1S/C20H22FN5O/c21-15-5-3-4-14(10-15)17-6-1-2-9-25(17)19-8-7-18-22-11-20(26(18)23-19)24-12-16(27)13-24/h3-5,7-8,10-11,16-17,27H,1-2,6,9,12-13H2. The second kappa shape index (κ2) is 6.49. The van der Waals surface area contributed by atoms with Gasteiger partial charge in [-0.1, -0.05) is 12.1 Å². The first kappa shape index (κ1) is 16.5. The summed E-state index contributed by atoms with van der Waals surface area (Å²) >= 11 is 0. The van der Waals surface area contributed by atoms with Gasteiger partial charge >= 0.3 is 0 Å². The lowest BCUT2D eigenvalue weighted by Gasteiger charge is -2.38. The smallest absolute Gasteiger partial charge is 0.156 e. The molecule has 0 radical (unpaired) electrons. The topological polar surface area (TPSA) is 56.9 Å². The molecule has 1 atom stereocenters. The molecule has 3 aromatic rings. The van der Waals surface area contributed by atoms with Gasteiger partial charge in [0.15, 0.2) is 11.5 Å². The van der Waals surface area contributed by atoms with Gasteiger partial charge in [0.25, 0.3) is 0 Å². The van der Waals surface area contributed by atoms with E-state index in [2.05, 4.69) is 14.8 Å². The van der Waals surface area contributed by atoms with Gasteiger partial charge in [-0.15, -0.1) is 5.10 Å². The van der Waals surface area contributed by atoms with Gasteiger partial charge in [-0.25, -0.2) is 9.37 Å². The fourth-order valence-electron chi connectivity index (χ4n) is 4.13. The number of rotatable bonds is 3. The number of β-amino-alcohol motifs (C(OH)–C–C–N with tert-alkyl or cyclic N) is 1. The average molecular weight is 367 g/mol. The van der Waals surface area contributed by atoms with Crippen molar-refractivity contribution < 1.29 is 9.50 Å². The molecule has 1 aromatic carbocycles. The molecule has 2 fully saturated rings. The second-order valence-electron chi connectivity index (χ2n) is 7.40. The fourth-order valence-corrected chi connectivity index (χ4v) is 4.13. The maximum absolute atomic E-state index is 13.8. The highest BCUT2D eigenvalue weighted by molar-refractivity contribution is 5.55. The van der Waals surface area contributed by atoms with Crippen molar-refractivity contribution in [1.82, 2.24) is 14.6 Å². The number of anilines is 2. The third kappa shape index (κ3) is 2.92. The van der Waals surface area contributed by atoms with Crippen molar-refractivity contribution in [3.63, 3.8) is 0 Å². The first-order chi connectivity index (χ1) is 13.2. The molecule has 0 saturated carbocycles. The zero-order valence-electron chi connectivity index (χ0n) is 15.0. The Morgan fingerprint density at radius 2 is 2.00 bits per heavy atom. The summed E-state index contributed by atoms with van der Waals surface area (Å²) in [6.45, 7) is 2.11. The van der Waals surface area contributed by atoms with Gasteiger partial charge in [0.05, 0.1) is 18.3 Å². The van der Waals surface area contributed by atoms with Crippen molar-refractivity contribution in [2.75, 3.05) is 29.4 Å². The van der Waals surface area contributed by atoms with Crippen LogP contribution in [0.4, 0.5) is 16.0 Å². The van der Waals surface area contributed by atoms with Crippen LogP contribution in [0.5, 0.6) is 0 Å². The van der Waals surface area contributed by atoms with Gasteiger partial charge in [-0.2, -0.15) is 4.52 Å². The predicted molar refractivity (Wildman–Crippen MR) is 102 cm³/mol. The lowest BCUT2D eigenvalue weighted by molar-refractivity contribution is 0.141. The molecule has 7 heteroatoms. The predicted octanol–water partition coefficient (Wildman–Crippen LogP) is 2.78. The summed E-state index contributed by atoms with van der Waals surface area (Å²) in [5, 5.41) is 14.4. The van der Waals surface area contributed by atoms with E-state index in [9.17, 15) is 9.50 Å². The number of aromatic nitrogens is 3. The number of halogens is 1. The van der Waals surface area contributed by atoms with E-state index < -0.39 is 0 Å². The molecule has 0 bridgehead atoms. The minimum atomic E-state index is -0.279. The van der Waals surface area contributed by atoms with E-state index in [1.807, 2.05) is 22.7 Å². The normalized spacial score (nSPS) is 20.9. The van der Waals surface area contributed by atoms with E-state index >= 15 is 0 Å². The Morgan fingerprint density at radius 1 is 1.11 bits per heavy atom. The van der Waals surface area contributed by atoms with E-state index in [1.54, 1.807) is 18.3 Å². The van der Waals surface area contributed by atoms with Gasteiger partial charge in [0.2, 0.25) is 0 Å². The largest absolute Gasteiger partial charge is 0.389 e. The monoisotopic (exact) mass is 367 g/mol. The van der Waals surface area contributed by atoms with Crippen molar-refractivity contribution in [2.24, 2.45) is 0 Å². The highest BCUT2D eigenvalue weighted by Crippen LogP contribution is 2.34. The molecule has 5 rings (SSSR count). The summed E-state index contributed by atoms with van der Waals surface area (Å²) in [6.07, 6.45) is 4.73. The Labute approximate surface area is 156 Å². The molecule has 1 unspecified atom stereocenters. The Morgan fingerprint density at radius 3 is 2.81 bits per heavy atom. The van der Waals surface area contributed by atoms with Crippen molar-refractivity contribution in [1.29, 1.82) is 0 Å². The molecule has 2 aromatic heterocycles. The first-order valence-corrected chi connectivity index (χ1v) is 9.49. The third-order valence-corrected chi connectivity index (χ3v) is 5.55. The average Bonchev–Trinajstić information content (AvgIpc) is 3.08. The molecule has 27 heavy (non-hydrogen) atoms. The summed E-state index contributed by atoms with van der Waals surface area (Å²) in [6, 6.07) is 11.0. The zero-order chi connectivity index (χ0) is 18.4. The van der Waals surface area contributed by atoms with E-state index in [0.29, 0.717) is 13.1 Å². The van der Waals surface area contributed by atoms with Crippen LogP contribution in [0.1, 0.15) is 30.9 Å². The molecule has 0 aliphatic carbocycles. The number of fused-ring (bicyclic) bond motifs is 1. The first-order valence-electron chi connectivity index (χ1n) is 9.49. The lowest BCUT2D eigenvalue weighted by atomic mass is 9.95. The lowest BCUT2D eigenvalue weighted by Crippen LogP contribution is -2.51. The van der Waals surface area contributed by atoms with E-state index in [0.717, 1.165) is 48.7 Å². The van der Waals surface area contributed by atoms with E-state index in [-0.39, 0.29) is 18.0 Å². The quantitative estimate of drug-likeness (QED) is 0.771. The third-order valence-electron chi connectivity index (χ3n) is 5.55. The van der Waals surface area contributed by atoms with Crippen LogP contribution < -0.4 is 9.80 Å². The number of aliphatic hydroxyl groups is 1. The number of hydrogen-bond acceptors (Lipinski definition) is 5. The molecule has 1 N–H and O–H groups in total. The van der Waals surface area contributed by atoms with Gasteiger partial charge in [0, 0.05) is 19.6 Å². The molecule has 2 aliphatic rings. The maximum Gasteiger partial charge on any atom is 0.156 e. The second-order valence-corrected chi connectivity index (χ2v) is 7.40. The minimum absolute atomic E-state index is 0.122. The van der Waals surface area contributed by atoms with Gasteiger partial charge < -0.3 is 14.9 Å². The number of aliphatic hydroxyl groups excluding tert-OH is 1. The SMILES string of the molecule is OC1CN(c2cnc3ccc(N4CCCCC4c4cccc(F)c4)nn23)C1. The Hall–Kier alpha value is -2.67. The zero-order valence-corrected chi connectivity index (χ0v) is 15.0. The van der Waals surface area contributed by atoms with E-state index in [1.165, 1.54) is 6.07 Å². The number of nitrogens with zero attached hydrogens (tertiary/aromatic N) is 5. The van der Waals surface area contributed by atoms with Crippen LogP contribution in [-0.4, -0.2) is 45.4 Å². The van der Waals surface area contributed by atoms with Gasteiger partial charge in [-0.3, -0.25) is 0 Å². The molecular formula is C20H22FN5O. The Bertz CT molecular complexity index is 968. The number of hydrogen-bond donors (Lipinski definition) is 1. The van der Waals surface area contributed by atoms with Crippen LogP contribution in [-0.2, 0) is 0 Å². The van der Waals surface area contributed by atoms with Crippen molar-refractivity contribution in [2.45, 2.75) is 31.4 Å². The van der Waals surface area contributed by atoms with Crippen LogP contribution in [0.3, 0.4) is 0 Å². The fraction of sp³-hybridized carbons (Fsp3) is 0.400. The molecule has 140 valence electrons. The molecule has 4 heterocycles. The van der Waals surface area contributed by atoms with Crippen LogP contribution in [0.15, 0.2) is 42.6 Å². The number of benzene rings is 1. The molecule has 0 amide bonds. The van der Waals surface area contributed by atoms with Crippen molar-refractivity contribution >= 4 is 17.3 Å². The summed E-state index contributed by atoms with van der Waals surface area (Å²) in [4.78, 5) is 8.77.